The third-order valence-electron chi connectivity index (χ3n) is 14.3. The quantitative estimate of drug-likeness (QED) is 0.0321. The molecule has 0 heterocycles. The molecule has 0 aliphatic heterocycles. The fraction of sp³-hybridized carbons (Fsp3) is 0.934. The molecule has 0 fully saturated rings. The van der Waals surface area contributed by atoms with Gasteiger partial charge >= 0.3 is 5.97 Å². The minimum Gasteiger partial charge on any atom is -0.466 e. The molecule has 67 heavy (non-hydrogen) atoms. The zero-order chi connectivity index (χ0) is 48.6. The number of nitrogens with one attached hydrogen (secondary N) is 1. The average Bonchev–Trinajstić information content (AvgIpc) is 3.33. The molecule has 6 heteroatoms. The highest BCUT2D eigenvalue weighted by Crippen LogP contribution is 2.18. The molecule has 0 bridgehead atoms. The zero-order valence-electron chi connectivity index (χ0n) is 45.4. The summed E-state index contributed by atoms with van der Waals surface area (Å²) in [6.45, 7) is 4.97. The van der Waals surface area contributed by atoms with Crippen LogP contribution < -0.4 is 5.32 Å². The number of esters is 1. The maximum absolute atomic E-state index is 12.5. The Bertz CT molecular complexity index is 1000. The first-order valence-corrected chi connectivity index (χ1v) is 30.4. The summed E-state index contributed by atoms with van der Waals surface area (Å²) in [6.07, 6.45) is 67.8. The lowest BCUT2D eigenvalue weighted by Gasteiger charge is -2.22. The van der Waals surface area contributed by atoms with Gasteiger partial charge in [0.2, 0.25) is 5.91 Å². The Morgan fingerprint density at radius 2 is 0.701 bits per heavy atom. The summed E-state index contributed by atoms with van der Waals surface area (Å²) in [4.78, 5) is 24.5. The number of aliphatic hydroxyl groups excluding tert-OH is 2. The van der Waals surface area contributed by atoms with Gasteiger partial charge in [-0.25, -0.2) is 0 Å². The molecule has 0 aromatic heterocycles. The van der Waals surface area contributed by atoms with E-state index < -0.39 is 12.1 Å². The van der Waals surface area contributed by atoms with Gasteiger partial charge in [0.1, 0.15) is 0 Å². The van der Waals surface area contributed by atoms with Crippen LogP contribution in [0.5, 0.6) is 0 Å². The lowest BCUT2D eigenvalue weighted by atomic mass is 10.0. The van der Waals surface area contributed by atoms with Crippen LogP contribution in [0.2, 0.25) is 0 Å². The van der Waals surface area contributed by atoms with Crippen molar-refractivity contribution in [2.75, 3.05) is 13.2 Å². The smallest absolute Gasteiger partial charge is 0.305 e. The van der Waals surface area contributed by atoms with Crippen molar-refractivity contribution in [1.82, 2.24) is 5.32 Å². The average molecular weight is 947 g/mol. The molecule has 0 spiro atoms. The van der Waals surface area contributed by atoms with E-state index in [1.807, 2.05) is 0 Å². The fourth-order valence-electron chi connectivity index (χ4n) is 9.64. The first-order chi connectivity index (χ1) is 33.0. The van der Waals surface area contributed by atoms with Crippen LogP contribution >= 0.6 is 0 Å². The number of carbonyl (C=O) groups excluding carboxylic acids is 2. The largest absolute Gasteiger partial charge is 0.466 e. The van der Waals surface area contributed by atoms with Gasteiger partial charge < -0.3 is 20.3 Å². The van der Waals surface area contributed by atoms with E-state index in [4.69, 9.17) is 4.74 Å². The molecule has 0 saturated heterocycles. The van der Waals surface area contributed by atoms with Gasteiger partial charge in [0.25, 0.3) is 0 Å². The lowest BCUT2D eigenvalue weighted by Crippen LogP contribution is -2.45. The van der Waals surface area contributed by atoms with Crippen molar-refractivity contribution in [3.05, 3.63) is 12.2 Å². The molecule has 0 aliphatic carbocycles. The Labute approximate surface area is 419 Å². The standard InChI is InChI=1S/C61H119NO5/c1-3-5-7-9-11-13-15-17-18-26-30-33-37-41-45-49-53-59(64)58(57-63)62-60(65)54-50-46-42-38-34-31-27-24-22-20-19-21-23-25-28-32-36-40-44-48-52-56-67-61(66)55-51-47-43-39-35-29-16-14-12-10-8-6-4-2/h20,22,58-59,63-64H,3-19,21,23-57H2,1-2H3,(H,62,65)/b22-20-. The molecular weight excluding hydrogens is 827 g/mol. The van der Waals surface area contributed by atoms with E-state index in [-0.39, 0.29) is 18.5 Å². The Balaban J connectivity index is 3.41. The molecule has 2 atom stereocenters. The molecule has 0 aliphatic rings. The monoisotopic (exact) mass is 946 g/mol. The highest BCUT2D eigenvalue weighted by Gasteiger charge is 2.20. The van der Waals surface area contributed by atoms with Crippen molar-refractivity contribution in [2.24, 2.45) is 0 Å². The first kappa shape index (κ1) is 65.6. The number of amides is 1. The number of allylic oxidation sites excluding steroid dienone is 2. The van der Waals surface area contributed by atoms with Gasteiger partial charge in [-0.2, -0.15) is 0 Å². The maximum Gasteiger partial charge on any atom is 0.305 e. The number of hydrogen-bond acceptors (Lipinski definition) is 5. The molecule has 0 aromatic rings. The highest BCUT2D eigenvalue weighted by atomic mass is 16.5. The molecule has 2 unspecified atom stereocenters. The van der Waals surface area contributed by atoms with Gasteiger partial charge in [-0.15, -0.1) is 0 Å². The second kappa shape index (κ2) is 57.2. The Morgan fingerprint density at radius 3 is 1.06 bits per heavy atom. The number of unbranched alkanes of at least 4 members (excludes halogenated alkanes) is 44. The van der Waals surface area contributed by atoms with E-state index in [0.717, 1.165) is 38.5 Å². The number of rotatable bonds is 57. The molecule has 1 amide bonds. The second-order valence-corrected chi connectivity index (χ2v) is 21.0. The molecule has 0 radical (unpaired) electrons. The van der Waals surface area contributed by atoms with Crippen molar-refractivity contribution < 1.29 is 24.5 Å². The van der Waals surface area contributed by atoms with Crippen molar-refractivity contribution in [2.45, 2.75) is 353 Å². The molecule has 3 N–H and O–H groups in total. The summed E-state index contributed by atoms with van der Waals surface area (Å²) >= 11 is 0. The number of carbonyl (C=O) groups is 2. The van der Waals surface area contributed by atoms with Gasteiger partial charge in [-0.05, 0) is 51.4 Å². The predicted octanol–water partition coefficient (Wildman–Crippen LogP) is 18.9. The van der Waals surface area contributed by atoms with Crippen LogP contribution in [0.4, 0.5) is 0 Å². The molecule has 0 rings (SSSR count). The van der Waals surface area contributed by atoms with Crippen LogP contribution in [-0.4, -0.2) is 47.4 Å². The zero-order valence-corrected chi connectivity index (χ0v) is 45.4. The SMILES string of the molecule is CCCCCCCCCCCCCCCCCCC(O)C(CO)NC(=O)CCCCCCCCC/C=C\CCCCCCCCCCCCOC(=O)CCCCCCCCCCCCCCC. The van der Waals surface area contributed by atoms with Gasteiger partial charge in [-0.1, -0.05) is 289 Å². The summed E-state index contributed by atoms with van der Waals surface area (Å²) < 4.78 is 5.48. The Morgan fingerprint density at radius 1 is 0.403 bits per heavy atom. The summed E-state index contributed by atoms with van der Waals surface area (Å²) in [7, 11) is 0. The fourth-order valence-corrected chi connectivity index (χ4v) is 9.64. The molecule has 398 valence electrons. The third-order valence-corrected chi connectivity index (χ3v) is 14.3. The summed E-state index contributed by atoms with van der Waals surface area (Å²) in [5, 5.41) is 23.3. The van der Waals surface area contributed by atoms with Gasteiger partial charge in [0, 0.05) is 12.8 Å². The number of aliphatic hydroxyl groups is 2. The Hall–Kier alpha value is -1.40. The van der Waals surface area contributed by atoms with Crippen molar-refractivity contribution >= 4 is 11.9 Å². The van der Waals surface area contributed by atoms with Crippen molar-refractivity contribution in [3.63, 3.8) is 0 Å². The maximum atomic E-state index is 12.5. The topological polar surface area (TPSA) is 95.9 Å². The molecule has 0 aromatic carbocycles. The highest BCUT2D eigenvalue weighted by molar-refractivity contribution is 5.76. The minimum absolute atomic E-state index is 0.0104. The lowest BCUT2D eigenvalue weighted by molar-refractivity contribution is -0.143. The van der Waals surface area contributed by atoms with E-state index in [1.54, 1.807) is 0 Å². The van der Waals surface area contributed by atoms with Gasteiger partial charge in [0.05, 0.1) is 25.4 Å². The molecule has 6 nitrogen and oxygen atoms in total. The van der Waals surface area contributed by atoms with E-state index >= 15 is 0 Å². The van der Waals surface area contributed by atoms with Crippen LogP contribution in [0.1, 0.15) is 341 Å². The third kappa shape index (κ3) is 53.8. The first-order valence-electron chi connectivity index (χ1n) is 30.4. The summed E-state index contributed by atoms with van der Waals surface area (Å²) in [5.74, 6) is -0.0297. The van der Waals surface area contributed by atoms with Gasteiger partial charge in [0.15, 0.2) is 0 Å². The van der Waals surface area contributed by atoms with Crippen molar-refractivity contribution in [3.8, 4) is 0 Å². The van der Waals surface area contributed by atoms with Crippen LogP contribution in [-0.2, 0) is 14.3 Å². The van der Waals surface area contributed by atoms with E-state index in [2.05, 4.69) is 31.3 Å². The minimum atomic E-state index is -0.668. The predicted molar refractivity (Wildman–Crippen MR) is 292 cm³/mol. The van der Waals surface area contributed by atoms with E-state index in [0.29, 0.717) is 25.9 Å². The number of ether oxygens (including phenoxy) is 1. The normalized spacial score (nSPS) is 12.6. The summed E-state index contributed by atoms with van der Waals surface area (Å²) in [6, 6.07) is -0.546. The second-order valence-electron chi connectivity index (χ2n) is 21.0. The van der Waals surface area contributed by atoms with Gasteiger partial charge in [-0.3, -0.25) is 9.59 Å². The Kier molecular flexibility index (Phi) is 56.0. The van der Waals surface area contributed by atoms with Crippen LogP contribution in [0.15, 0.2) is 12.2 Å². The van der Waals surface area contributed by atoms with E-state index in [1.165, 1.54) is 270 Å². The van der Waals surface area contributed by atoms with Crippen LogP contribution in [0.3, 0.4) is 0 Å². The summed E-state index contributed by atoms with van der Waals surface area (Å²) in [5.41, 5.74) is 0. The molecular formula is C61H119NO5. The number of hydrogen-bond donors (Lipinski definition) is 3. The van der Waals surface area contributed by atoms with Crippen LogP contribution in [0.25, 0.3) is 0 Å². The molecule has 0 saturated carbocycles. The van der Waals surface area contributed by atoms with Crippen molar-refractivity contribution in [1.29, 1.82) is 0 Å². The van der Waals surface area contributed by atoms with Crippen LogP contribution in [0, 0.1) is 0 Å². The van der Waals surface area contributed by atoms with E-state index in [9.17, 15) is 19.8 Å².